The zero-order chi connectivity index (χ0) is 20.7. The number of nitrogen functional groups attached to an aromatic ring is 1. The Kier molecular flexibility index (Phi) is 4.82. The molecule has 0 atom stereocenters. The van der Waals surface area contributed by atoms with E-state index in [0.717, 1.165) is 33.4 Å². The Morgan fingerprint density at radius 2 is 1.86 bits per heavy atom. The quantitative estimate of drug-likeness (QED) is 0.460. The van der Waals surface area contributed by atoms with Gasteiger partial charge in [0.15, 0.2) is 16.8 Å². The zero-order valence-corrected chi connectivity index (χ0v) is 16.7. The molecular weight excluding hydrogens is 394 g/mol. The number of Topliss-reactive ketones (excluding diaryl/α,β-unsaturated/α-hetero) is 1. The van der Waals surface area contributed by atoms with E-state index in [-0.39, 0.29) is 17.1 Å². The van der Waals surface area contributed by atoms with E-state index in [2.05, 4.69) is 15.2 Å². The van der Waals surface area contributed by atoms with Gasteiger partial charge in [-0.2, -0.15) is 0 Å². The Balaban J connectivity index is 1.63. The number of carbonyl (C=O) groups excluding carboxylic acids is 1. The number of thioether (sulfide) groups is 1. The highest BCUT2D eigenvalue weighted by molar-refractivity contribution is 7.99. The molecule has 10 nitrogen and oxygen atoms in total. The molecule has 0 amide bonds. The molecule has 150 valence electrons. The number of nitrogens with zero attached hydrogens (tertiary/aromatic N) is 6. The van der Waals surface area contributed by atoms with E-state index >= 15 is 0 Å². The first-order valence-electron chi connectivity index (χ1n) is 8.97. The van der Waals surface area contributed by atoms with Gasteiger partial charge in [-0.15, -0.1) is 10.2 Å². The van der Waals surface area contributed by atoms with E-state index in [1.54, 1.807) is 12.4 Å². The third-order valence-corrected chi connectivity index (χ3v) is 5.78. The Morgan fingerprint density at radius 1 is 1.17 bits per heavy atom. The number of pyridine rings is 1. The smallest absolute Gasteiger partial charge is 0.332 e. The fourth-order valence-corrected chi connectivity index (χ4v) is 3.94. The SMILES string of the molecule is Cn1c(N)c(C(=O)CSc2nnc(-c3ccncc3)n2C2CC2)c(=O)n(C)c1=O. The van der Waals surface area contributed by atoms with E-state index in [1.165, 1.54) is 25.9 Å². The average molecular weight is 413 g/mol. The third-order valence-electron chi connectivity index (χ3n) is 4.84. The average Bonchev–Trinajstić information content (AvgIpc) is 3.48. The predicted octanol–water partition coefficient (Wildman–Crippen LogP) is 0.630. The number of hydrogen-bond donors (Lipinski definition) is 1. The summed E-state index contributed by atoms with van der Waals surface area (Å²) < 4.78 is 3.99. The molecule has 0 saturated heterocycles. The lowest BCUT2D eigenvalue weighted by Gasteiger charge is -2.11. The van der Waals surface area contributed by atoms with Crippen LogP contribution in [0.2, 0.25) is 0 Å². The first-order valence-corrected chi connectivity index (χ1v) is 9.95. The predicted molar refractivity (Wildman–Crippen MR) is 108 cm³/mol. The number of anilines is 1. The summed E-state index contributed by atoms with van der Waals surface area (Å²) in [6, 6.07) is 4.01. The summed E-state index contributed by atoms with van der Waals surface area (Å²) in [6.45, 7) is 0. The van der Waals surface area contributed by atoms with Gasteiger partial charge in [-0.3, -0.25) is 28.3 Å². The lowest BCUT2D eigenvalue weighted by atomic mass is 10.2. The highest BCUT2D eigenvalue weighted by Gasteiger charge is 2.31. The van der Waals surface area contributed by atoms with Gasteiger partial charge in [0.1, 0.15) is 11.4 Å². The molecule has 0 aromatic carbocycles. The van der Waals surface area contributed by atoms with Crippen LogP contribution in [0.1, 0.15) is 29.2 Å². The highest BCUT2D eigenvalue weighted by atomic mass is 32.2. The van der Waals surface area contributed by atoms with Crippen molar-refractivity contribution in [1.29, 1.82) is 0 Å². The number of hydrogen-bond acceptors (Lipinski definition) is 8. The lowest BCUT2D eigenvalue weighted by molar-refractivity contribution is 0.102. The maximum Gasteiger partial charge on any atom is 0.332 e. The van der Waals surface area contributed by atoms with E-state index in [1.807, 2.05) is 16.7 Å². The van der Waals surface area contributed by atoms with Crippen molar-refractivity contribution in [3.63, 3.8) is 0 Å². The molecule has 1 aliphatic rings. The second-order valence-corrected chi connectivity index (χ2v) is 7.76. The molecule has 1 aliphatic carbocycles. The minimum absolute atomic E-state index is 0.0428. The summed E-state index contributed by atoms with van der Waals surface area (Å²) in [4.78, 5) is 41.1. The van der Waals surface area contributed by atoms with E-state index in [0.29, 0.717) is 11.2 Å². The third kappa shape index (κ3) is 3.37. The van der Waals surface area contributed by atoms with Gasteiger partial charge in [-0.25, -0.2) is 4.79 Å². The molecule has 0 aliphatic heterocycles. The minimum atomic E-state index is -0.697. The molecule has 3 heterocycles. The molecule has 0 spiro atoms. The molecule has 3 aromatic heterocycles. The highest BCUT2D eigenvalue weighted by Crippen LogP contribution is 2.41. The second kappa shape index (κ2) is 7.32. The first kappa shape index (κ1) is 19.1. The molecule has 2 N–H and O–H groups in total. The van der Waals surface area contributed by atoms with Crippen molar-refractivity contribution in [2.75, 3.05) is 11.5 Å². The summed E-state index contributed by atoms with van der Waals surface area (Å²) in [7, 11) is 2.74. The van der Waals surface area contributed by atoms with Gasteiger partial charge in [0.2, 0.25) is 0 Å². The molecule has 4 rings (SSSR count). The van der Waals surface area contributed by atoms with Crippen molar-refractivity contribution >= 4 is 23.4 Å². The number of carbonyl (C=O) groups is 1. The Hall–Kier alpha value is -3.21. The van der Waals surface area contributed by atoms with Crippen molar-refractivity contribution in [1.82, 2.24) is 28.9 Å². The van der Waals surface area contributed by atoms with Crippen LogP contribution < -0.4 is 17.0 Å². The standard InChI is InChI=1S/C18H19N7O3S/c1-23-14(19)13(16(27)24(2)18(23)28)12(26)9-29-17-22-21-15(25(17)11-3-4-11)10-5-7-20-8-6-10/h5-8,11H,3-4,9,19H2,1-2H3. The van der Waals surface area contributed by atoms with Crippen molar-refractivity contribution in [3.8, 4) is 11.4 Å². The second-order valence-electron chi connectivity index (χ2n) is 6.82. The van der Waals surface area contributed by atoms with Gasteiger partial charge in [0.05, 0.1) is 5.75 Å². The van der Waals surface area contributed by atoms with Crippen LogP contribution in [-0.4, -0.2) is 40.4 Å². The first-order chi connectivity index (χ1) is 13.9. The molecule has 0 unspecified atom stereocenters. The Labute approximate surface area is 169 Å². The van der Waals surface area contributed by atoms with Crippen molar-refractivity contribution in [3.05, 3.63) is 50.9 Å². The molecule has 1 saturated carbocycles. The summed E-state index contributed by atoms with van der Waals surface area (Å²) in [5, 5.41) is 9.14. The summed E-state index contributed by atoms with van der Waals surface area (Å²) >= 11 is 1.20. The number of rotatable bonds is 6. The molecule has 3 aromatic rings. The van der Waals surface area contributed by atoms with Gasteiger partial charge in [-0.05, 0) is 25.0 Å². The Bertz CT molecular complexity index is 1210. The largest absolute Gasteiger partial charge is 0.384 e. The molecular formula is C18H19N7O3S. The van der Waals surface area contributed by atoms with E-state index in [9.17, 15) is 14.4 Å². The fraction of sp³-hybridized carbons (Fsp3) is 0.333. The lowest BCUT2D eigenvalue weighted by Crippen LogP contribution is -2.41. The maximum atomic E-state index is 12.8. The maximum absolute atomic E-state index is 12.8. The van der Waals surface area contributed by atoms with Crippen LogP contribution >= 0.6 is 11.8 Å². The zero-order valence-electron chi connectivity index (χ0n) is 15.9. The van der Waals surface area contributed by atoms with Crippen LogP contribution in [0, 0.1) is 0 Å². The molecule has 0 bridgehead atoms. The summed E-state index contributed by atoms with van der Waals surface area (Å²) in [5.74, 6) is 0.0884. The normalized spacial score (nSPS) is 13.6. The minimum Gasteiger partial charge on any atom is -0.384 e. The number of ketones is 1. The van der Waals surface area contributed by atoms with E-state index < -0.39 is 17.0 Å². The Morgan fingerprint density at radius 3 is 2.52 bits per heavy atom. The van der Waals surface area contributed by atoms with E-state index in [4.69, 9.17) is 5.73 Å². The van der Waals surface area contributed by atoms with Crippen LogP contribution in [0.3, 0.4) is 0 Å². The van der Waals surface area contributed by atoms with Gasteiger partial charge in [0.25, 0.3) is 5.56 Å². The van der Waals surface area contributed by atoms with Crippen molar-refractivity contribution in [2.45, 2.75) is 24.0 Å². The summed E-state index contributed by atoms with van der Waals surface area (Å²) in [5.41, 5.74) is 5.31. The van der Waals surface area contributed by atoms with Crippen LogP contribution in [-0.2, 0) is 14.1 Å². The van der Waals surface area contributed by atoms with Crippen molar-refractivity contribution in [2.24, 2.45) is 14.1 Å². The van der Waals surface area contributed by atoms with Gasteiger partial charge in [0, 0.05) is 38.1 Å². The molecule has 0 radical (unpaired) electrons. The van der Waals surface area contributed by atoms with Crippen molar-refractivity contribution < 1.29 is 4.79 Å². The van der Waals surface area contributed by atoms with Gasteiger partial charge < -0.3 is 5.73 Å². The molecule has 29 heavy (non-hydrogen) atoms. The van der Waals surface area contributed by atoms with Crippen LogP contribution in [0.15, 0.2) is 39.3 Å². The number of nitrogens with two attached hydrogens (primary N) is 1. The van der Waals surface area contributed by atoms with Gasteiger partial charge >= 0.3 is 5.69 Å². The number of aromatic nitrogens is 6. The summed E-state index contributed by atoms with van der Waals surface area (Å²) in [6.07, 6.45) is 5.42. The van der Waals surface area contributed by atoms with Crippen LogP contribution in [0.4, 0.5) is 5.82 Å². The molecule has 1 fully saturated rings. The topological polar surface area (TPSA) is 131 Å². The fourth-order valence-electron chi connectivity index (χ4n) is 3.06. The monoisotopic (exact) mass is 413 g/mol. The van der Waals surface area contributed by atoms with Gasteiger partial charge in [-0.1, -0.05) is 11.8 Å². The molecule has 11 heteroatoms. The van der Waals surface area contributed by atoms with Crippen LogP contribution in [0.5, 0.6) is 0 Å². The van der Waals surface area contributed by atoms with Crippen LogP contribution in [0.25, 0.3) is 11.4 Å².